The average molecular weight is 286 g/mol. The van der Waals surface area contributed by atoms with Crippen molar-refractivity contribution < 1.29 is 9.53 Å². The standard InChI is InChI=1S/C11H6BrClO2/c12-9-3-1-8-6-10(15-11(13)14)4-2-7(8)5-9/h1-6H. The van der Waals surface area contributed by atoms with Crippen molar-refractivity contribution in [2.45, 2.75) is 0 Å². The highest BCUT2D eigenvalue weighted by molar-refractivity contribution is 9.10. The highest BCUT2D eigenvalue weighted by atomic mass is 79.9. The second-order valence-electron chi connectivity index (χ2n) is 2.99. The molecule has 0 saturated heterocycles. The Morgan fingerprint density at radius 3 is 2.53 bits per heavy atom. The van der Waals surface area contributed by atoms with Crippen LogP contribution < -0.4 is 4.74 Å². The number of fused-ring (bicyclic) bond motifs is 1. The SMILES string of the molecule is O=C(Cl)Oc1ccc2cc(Br)ccc2c1. The lowest BCUT2D eigenvalue weighted by atomic mass is 10.1. The van der Waals surface area contributed by atoms with E-state index in [1.807, 2.05) is 24.3 Å². The lowest BCUT2D eigenvalue weighted by Gasteiger charge is -2.02. The van der Waals surface area contributed by atoms with Crippen LogP contribution in [0.2, 0.25) is 0 Å². The molecule has 0 aliphatic rings. The van der Waals surface area contributed by atoms with Gasteiger partial charge in [0.25, 0.3) is 0 Å². The fourth-order valence-corrected chi connectivity index (χ4v) is 1.82. The van der Waals surface area contributed by atoms with E-state index in [-0.39, 0.29) is 0 Å². The normalized spacial score (nSPS) is 10.3. The van der Waals surface area contributed by atoms with E-state index < -0.39 is 5.43 Å². The number of halogens is 2. The minimum absolute atomic E-state index is 0.449. The molecule has 0 spiro atoms. The molecule has 0 aliphatic carbocycles. The zero-order valence-corrected chi connectivity index (χ0v) is 9.88. The van der Waals surface area contributed by atoms with Crippen LogP contribution in [0.15, 0.2) is 40.9 Å². The third-order valence-electron chi connectivity index (χ3n) is 1.97. The monoisotopic (exact) mass is 284 g/mol. The zero-order valence-electron chi connectivity index (χ0n) is 7.54. The average Bonchev–Trinajstić information content (AvgIpc) is 2.17. The Bertz CT molecular complexity index is 525. The molecule has 0 heterocycles. The number of benzene rings is 2. The van der Waals surface area contributed by atoms with Crippen LogP contribution in [0.4, 0.5) is 4.79 Å². The topological polar surface area (TPSA) is 26.3 Å². The van der Waals surface area contributed by atoms with Crippen molar-refractivity contribution in [1.82, 2.24) is 0 Å². The van der Waals surface area contributed by atoms with Gasteiger partial charge in [0.2, 0.25) is 0 Å². The maximum Gasteiger partial charge on any atom is 0.409 e. The van der Waals surface area contributed by atoms with E-state index in [1.54, 1.807) is 12.1 Å². The first kappa shape index (κ1) is 10.5. The predicted octanol–water partition coefficient (Wildman–Crippen LogP) is 4.34. The van der Waals surface area contributed by atoms with Gasteiger partial charge in [-0.25, -0.2) is 4.79 Å². The van der Waals surface area contributed by atoms with Gasteiger partial charge < -0.3 is 4.74 Å². The largest absolute Gasteiger partial charge is 0.414 e. The first-order chi connectivity index (χ1) is 7.15. The highest BCUT2D eigenvalue weighted by Crippen LogP contribution is 2.24. The van der Waals surface area contributed by atoms with Gasteiger partial charge in [0.1, 0.15) is 5.75 Å². The van der Waals surface area contributed by atoms with Crippen LogP contribution in [0.3, 0.4) is 0 Å². The van der Waals surface area contributed by atoms with Gasteiger partial charge in [0, 0.05) is 16.1 Å². The fraction of sp³-hybridized carbons (Fsp3) is 0. The van der Waals surface area contributed by atoms with Gasteiger partial charge in [-0.05, 0) is 35.0 Å². The first-order valence-corrected chi connectivity index (χ1v) is 5.39. The first-order valence-electron chi connectivity index (χ1n) is 4.22. The Hall–Kier alpha value is -1.06. The summed E-state index contributed by atoms with van der Waals surface area (Å²) in [5.74, 6) is 0.449. The molecular weight excluding hydrogens is 279 g/mol. The third kappa shape index (κ3) is 2.49. The van der Waals surface area contributed by atoms with Crippen molar-refractivity contribution in [3.8, 4) is 5.75 Å². The maximum atomic E-state index is 10.5. The summed E-state index contributed by atoms with van der Waals surface area (Å²) in [6, 6.07) is 11.2. The molecule has 0 N–H and O–H groups in total. The van der Waals surface area contributed by atoms with Gasteiger partial charge in [-0.15, -0.1) is 0 Å². The second kappa shape index (κ2) is 4.21. The molecule has 0 fully saturated rings. The van der Waals surface area contributed by atoms with E-state index in [4.69, 9.17) is 16.3 Å². The van der Waals surface area contributed by atoms with Crippen molar-refractivity contribution in [2.75, 3.05) is 0 Å². The molecule has 2 aromatic carbocycles. The Morgan fingerprint density at radius 1 is 1.13 bits per heavy atom. The van der Waals surface area contributed by atoms with Gasteiger partial charge in [-0.1, -0.05) is 28.1 Å². The van der Waals surface area contributed by atoms with Gasteiger partial charge in [0.15, 0.2) is 0 Å². The summed E-state index contributed by atoms with van der Waals surface area (Å²) < 4.78 is 5.78. The molecule has 0 atom stereocenters. The fourth-order valence-electron chi connectivity index (χ4n) is 1.35. The quantitative estimate of drug-likeness (QED) is 0.729. The molecule has 2 nitrogen and oxygen atoms in total. The van der Waals surface area contributed by atoms with E-state index >= 15 is 0 Å². The number of ether oxygens (including phenoxy) is 1. The number of rotatable bonds is 1. The van der Waals surface area contributed by atoms with Crippen molar-refractivity contribution in [3.05, 3.63) is 40.9 Å². The van der Waals surface area contributed by atoms with Crippen molar-refractivity contribution in [2.24, 2.45) is 0 Å². The number of hydrogen-bond donors (Lipinski definition) is 0. The Labute approximate surface area is 99.9 Å². The van der Waals surface area contributed by atoms with Crippen LogP contribution in [0.25, 0.3) is 10.8 Å². The van der Waals surface area contributed by atoms with E-state index in [2.05, 4.69) is 15.9 Å². The van der Waals surface area contributed by atoms with Crippen molar-refractivity contribution in [3.63, 3.8) is 0 Å². The minimum Gasteiger partial charge on any atom is -0.414 e. The molecule has 76 valence electrons. The van der Waals surface area contributed by atoms with Crippen LogP contribution in [-0.2, 0) is 0 Å². The van der Waals surface area contributed by atoms with E-state index in [1.165, 1.54) is 0 Å². The van der Waals surface area contributed by atoms with Crippen LogP contribution in [-0.4, -0.2) is 5.43 Å². The lowest BCUT2D eigenvalue weighted by molar-refractivity contribution is 0.225. The molecule has 0 aliphatic heterocycles. The zero-order chi connectivity index (χ0) is 10.8. The summed E-state index contributed by atoms with van der Waals surface area (Å²) in [6.45, 7) is 0. The van der Waals surface area contributed by atoms with Crippen LogP contribution in [0, 0.1) is 0 Å². The smallest absolute Gasteiger partial charge is 0.409 e. The highest BCUT2D eigenvalue weighted by Gasteiger charge is 2.01. The van der Waals surface area contributed by atoms with E-state index in [0.717, 1.165) is 15.2 Å². The number of carbonyl (C=O) groups excluding carboxylic acids is 1. The molecule has 0 aromatic heterocycles. The van der Waals surface area contributed by atoms with Gasteiger partial charge in [0.05, 0.1) is 0 Å². The molecule has 0 bridgehead atoms. The molecular formula is C11H6BrClO2. The van der Waals surface area contributed by atoms with Crippen LogP contribution in [0.5, 0.6) is 5.75 Å². The Morgan fingerprint density at radius 2 is 1.80 bits per heavy atom. The van der Waals surface area contributed by atoms with Gasteiger partial charge in [-0.3, -0.25) is 0 Å². The molecule has 0 saturated carbocycles. The minimum atomic E-state index is -0.827. The Kier molecular flexibility index (Phi) is 2.93. The summed E-state index contributed by atoms with van der Waals surface area (Å²) in [5.41, 5.74) is -0.827. The summed E-state index contributed by atoms with van der Waals surface area (Å²) in [5, 5.41) is 2.06. The summed E-state index contributed by atoms with van der Waals surface area (Å²) in [7, 11) is 0. The third-order valence-corrected chi connectivity index (χ3v) is 2.54. The number of hydrogen-bond acceptors (Lipinski definition) is 2. The lowest BCUT2D eigenvalue weighted by Crippen LogP contribution is -1.95. The van der Waals surface area contributed by atoms with E-state index in [0.29, 0.717) is 5.75 Å². The van der Waals surface area contributed by atoms with Crippen molar-refractivity contribution >= 4 is 43.7 Å². The van der Waals surface area contributed by atoms with Crippen LogP contribution >= 0.6 is 27.5 Å². The van der Waals surface area contributed by atoms with Crippen LogP contribution in [0.1, 0.15) is 0 Å². The predicted molar refractivity (Wildman–Crippen MR) is 63.5 cm³/mol. The molecule has 4 heteroatoms. The molecule has 15 heavy (non-hydrogen) atoms. The van der Waals surface area contributed by atoms with Gasteiger partial charge >= 0.3 is 5.43 Å². The Balaban J connectivity index is 2.47. The molecule has 0 unspecified atom stereocenters. The molecule has 2 aromatic rings. The van der Waals surface area contributed by atoms with Crippen molar-refractivity contribution in [1.29, 1.82) is 0 Å². The van der Waals surface area contributed by atoms with Gasteiger partial charge in [-0.2, -0.15) is 0 Å². The molecule has 0 amide bonds. The second-order valence-corrected chi connectivity index (χ2v) is 4.22. The number of carbonyl (C=O) groups is 1. The van der Waals surface area contributed by atoms with E-state index in [9.17, 15) is 4.79 Å². The summed E-state index contributed by atoms with van der Waals surface area (Å²) in [6.07, 6.45) is 0. The summed E-state index contributed by atoms with van der Waals surface area (Å²) >= 11 is 8.50. The molecule has 0 radical (unpaired) electrons. The molecule has 2 rings (SSSR count). The maximum absolute atomic E-state index is 10.5. The summed E-state index contributed by atoms with van der Waals surface area (Å²) in [4.78, 5) is 10.5.